The highest BCUT2D eigenvalue weighted by Gasteiger charge is 2.36. The summed E-state index contributed by atoms with van der Waals surface area (Å²) in [4.78, 5) is 31.3. The summed E-state index contributed by atoms with van der Waals surface area (Å²) in [5.74, 6) is 0.888. The summed E-state index contributed by atoms with van der Waals surface area (Å²) in [6.07, 6.45) is 0.335. The topological polar surface area (TPSA) is 95.1 Å². The molecule has 2 aliphatic heterocycles. The molecule has 240 valence electrons. The normalized spacial score (nSPS) is 17.5. The molecule has 2 aliphatic rings. The highest BCUT2D eigenvalue weighted by molar-refractivity contribution is 6.31. The number of piperidine rings is 1. The first-order valence-corrected chi connectivity index (χ1v) is 14.8. The number of hydroxylamine groups is 1. The first-order chi connectivity index (χ1) is 21.5. The van der Waals surface area contributed by atoms with Crippen molar-refractivity contribution < 1.29 is 27.5 Å². The van der Waals surface area contributed by atoms with Crippen LogP contribution in [0.15, 0.2) is 55.4 Å². The van der Waals surface area contributed by atoms with Gasteiger partial charge in [-0.2, -0.15) is 13.2 Å². The van der Waals surface area contributed by atoms with Gasteiger partial charge in [-0.05, 0) is 56.8 Å². The van der Waals surface area contributed by atoms with Crippen LogP contribution in [0.1, 0.15) is 36.4 Å². The molecule has 0 unspecified atom stereocenters. The van der Waals surface area contributed by atoms with Crippen LogP contribution in [0.25, 0.3) is 0 Å². The highest BCUT2D eigenvalue weighted by atomic mass is 35.5. The molecule has 45 heavy (non-hydrogen) atoms. The third kappa shape index (κ3) is 7.26. The van der Waals surface area contributed by atoms with Gasteiger partial charge in [0.15, 0.2) is 5.82 Å². The summed E-state index contributed by atoms with van der Waals surface area (Å²) < 4.78 is 46.4. The second-order valence-corrected chi connectivity index (χ2v) is 11.4. The molecule has 0 saturated carbocycles. The monoisotopic (exact) mass is 645 g/mol. The Morgan fingerprint density at radius 1 is 1.13 bits per heavy atom. The number of hydrogen-bond donors (Lipinski definition) is 2. The lowest BCUT2D eigenvalue weighted by Gasteiger charge is -2.37. The van der Waals surface area contributed by atoms with Crippen molar-refractivity contribution in [3.8, 4) is 5.75 Å². The fourth-order valence-corrected chi connectivity index (χ4v) is 5.87. The van der Waals surface area contributed by atoms with Crippen LogP contribution < -0.4 is 25.3 Å². The molecule has 0 aliphatic carbocycles. The molecule has 3 heterocycles. The molecule has 2 aromatic carbocycles. The number of carbonyl (C=O) groups is 1. The molecule has 1 aromatic heterocycles. The van der Waals surface area contributed by atoms with Crippen molar-refractivity contribution in [2.45, 2.75) is 37.5 Å². The van der Waals surface area contributed by atoms with Gasteiger partial charge in [0.05, 0.1) is 47.4 Å². The van der Waals surface area contributed by atoms with E-state index in [0.29, 0.717) is 46.8 Å². The maximum absolute atomic E-state index is 13.6. The number of aromatic nitrogens is 2. The van der Waals surface area contributed by atoms with Gasteiger partial charge >= 0.3 is 6.18 Å². The van der Waals surface area contributed by atoms with Gasteiger partial charge in [-0.25, -0.2) is 15.0 Å². The Morgan fingerprint density at radius 2 is 1.89 bits per heavy atom. The Kier molecular flexibility index (Phi) is 9.70. The van der Waals surface area contributed by atoms with Crippen molar-refractivity contribution in [2.75, 3.05) is 61.5 Å². The maximum atomic E-state index is 13.6. The maximum Gasteiger partial charge on any atom is 0.417 e. The number of ether oxygens (including phenoxy) is 1. The molecule has 2 N–H and O–H groups in total. The minimum atomic E-state index is -4.59. The Labute approximate surface area is 264 Å². The molecule has 1 atom stereocenters. The van der Waals surface area contributed by atoms with Gasteiger partial charge in [-0.15, -0.1) is 0 Å². The van der Waals surface area contributed by atoms with Gasteiger partial charge in [0.2, 0.25) is 5.91 Å². The SMILES string of the molecule is C=CC(=O)Nc1cc(Nc2cc(N3OCC[C@@H]3c3ccc(Cl)c(C(F)(F)F)c3)ncn2)c(OC)cc1N1CCC(N(C)C)CC1. The number of nitrogens with one attached hydrogen (secondary N) is 2. The molecular formula is C31H35ClF3N7O3. The fourth-order valence-electron chi connectivity index (χ4n) is 5.64. The van der Waals surface area contributed by atoms with Gasteiger partial charge in [0, 0.05) is 37.7 Å². The van der Waals surface area contributed by atoms with Gasteiger partial charge in [-0.3, -0.25) is 9.63 Å². The van der Waals surface area contributed by atoms with E-state index in [4.69, 9.17) is 21.2 Å². The lowest BCUT2D eigenvalue weighted by molar-refractivity contribution is -0.137. The number of rotatable bonds is 9. The highest BCUT2D eigenvalue weighted by Crippen LogP contribution is 2.42. The standard InChI is InChI=1S/C31H35ClF3N7O3/c1-5-30(43)39-23-15-24(27(44-4)16-26(23)41-11-8-20(9-12-41)40(2)3)38-28-17-29(37-18-36-28)42-25(10-13-45-42)19-6-7-22(32)21(14-19)31(33,34)35/h5-7,14-18,20,25H,1,8-13H2,2-4H3,(H,39,43)(H,36,37,38)/t25-/m1/s1. The van der Waals surface area contributed by atoms with Crippen LogP contribution >= 0.6 is 11.6 Å². The van der Waals surface area contributed by atoms with Crippen LogP contribution in [0.5, 0.6) is 5.75 Å². The average molecular weight is 646 g/mol. The van der Waals surface area contributed by atoms with Crippen molar-refractivity contribution in [2.24, 2.45) is 0 Å². The van der Waals surface area contributed by atoms with Crippen LogP contribution in [0.2, 0.25) is 5.02 Å². The van der Waals surface area contributed by atoms with E-state index in [1.807, 2.05) is 6.07 Å². The second kappa shape index (κ2) is 13.5. The molecule has 2 fully saturated rings. The number of carbonyl (C=O) groups excluding carboxylic acids is 1. The number of nitrogens with zero attached hydrogens (tertiary/aromatic N) is 5. The molecule has 10 nitrogen and oxygen atoms in total. The van der Waals surface area contributed by atoms with Crippen molar-refractivity contribution in [3.05, 3.63) is 71.5 Å². The van der Waals surface area contributed by atoms with Crippen LogP contribution in [-0.2, 0) is 15.8 Å². The predicted octanol–water partition coefficient (Wildman–Crippen LogP) is 6.44. The summed E-state index contributed by atoms with van der Waals surface area (Å²) in [6.45, 7) is 5.48. The molecular weight excluding hydrogens is 611 g/mol. The summed E-state index contributed by atoms with van der Waals surface area (Å²) in [7, 11) is 5.71. The second-order valence-electron chi connectivity index (χ2n) is 11.0. The molecule has 0 radical (unpaired) electrons. The number of benzene rings is 2. The zero-order chi connectivity index (χ0) is 32.3. The quantitative estimate of drug-likeness (QED) is 0.255. The first kappa shape index (κ1) is 32.3. The molecule has 1 amide bonds. The van der Waals surface area contributed by atoms with E-state index in [1.54, 1.807) is 25.3 Å². The van der Waals surface area contributed by atoms with E-state index < -0.39 is 17.8 Å². The predicted molar refractivity (Wildman–Crippen MR) is 168 cm³/mol. The van der Waals surface area contributed by atoms with Gasteiger partial charge in [0.25, 0.3) is 0 Å². The Bertz CT molecular complexity index is 1550. The van der Waals surface area contributed by atoms with Gasteiger partial charge < -0.3 is 25.2 Å². The van der Waals surface area contributed by atoms with Crippen LogP contribution in [-0.4, -0.2) is 67.7 Å². The zero-order valence-corrected chi connectivity index (χ0v) is 26.0. The largest absolute Gasteiger partial charge is 0.494 e. The van der Waals surface area contributed by atoms with Crippen molar-refractivity contribution >= 4 is 46.2 Å². The third-order valence-corrected chi connectivity index (χ3v) is 8.35. The van der Waals surface area contributed by atoms with Crippen LogP contribution in [0.4, 0.5) is 41.9 Å². The molecule has 3 aromatic rings. The zero-order valence-electron chi connectivity index (χ0n) is 25.2. The fraction of sp³-hybridized carbons (Fsp3) is 0.387. The van der Waals surface area contributed by atoms with E-state index >= 15 is 0 Å². The molecule has 2 saturated heterocycles. The first-order valence-electron chi connectivity index (χ1n) is 14.4. The number of methoxy groups -OCH3 is 1. The van der Waals surface area contributed by atoms with Crippen molar-refractivity contribution in [1.82, 2.24) is 14.9 Å². The Hall–Kier alpha value is -4.07. The number of amides is 1. The lowest BCUT2D eigenvalue weighted by Crippen LogP contribution is -2.42. The minimum Gasteiger partial charge on any atom is -0.494 e. The third-order valence-electron chi connectivity index (χ3n) is 8.02. The van der Waals surface area contributed by atoms with Gasteiger partial charge in [0.1, 0.15) is 17.9 Å². The van der Waals surface area contributed by atoms with E-state index in [9.17, 15) is 18.0 Å². The van der Waals surface area contributed by atoms with E-state index in [0.717, 1.165) is 37.7 Å². The van der Waals surface area contributed by atoms with E-state index in [1.165, 1.54) is 23.5 Å². The number of hydrogen-bond acceptors (Lipinski definition) is 9. The summed E-state index contributed by atoms with van der Waals surface area (Å²) in [5.41, 5.74) is 1.41. The van der Waals surface area contributed by atoms with Crippen LogP contribution in [0.3, 0.4) is 0 Å². The van der Waals surface area contributed by atoms with Crippen LogP contribution in [0, 0.1) is 0 Å². The van der Waals surface area contributed by atoms with Crippen molar-refractivity contribution in [3.63, 3.8) is 0 Å². The average Bonchev–Trinajstić information content (AvgIpc) is 3.51. The molecule has 0 spiro atoms. The van der Waals surface area contributed by atoms with E-state index in [-0.39, 0.29) is 17.5 Å². The number of alkyl halides is 3. The summed E-state index contributed by atoms with van der Waals surface area (Å²) in [6, 6.07) is 9.06. The minimum absolute atomic E-state index is 0.287. The number of halogens is 4. The van der Waals surface area contributed by atoms with Crippen molar-refractivity contribution in [1.29, 1.82) is 0 Å². The summed E-state index contributed by atoms with van der Waals surface area (Å²) in [5, 5.41) is 7.26. The lowest BCUT2D eigenvalue weighted by atomic mass is 10.0. The van der Waals surface area contributed by atoms with E-state index in [2.05, 4.69) is 51.1 Å². The Morgan fingerprint density at radius 3 is 2.56 bits per heavy atom. The molecule has 5 rings (SSSR count). The number of anilines is 5. The molecule has 0 bridgehead atoms. The Balaban J connectivity index is 1.43. The summed E-state index contributed by atoms with van der Waals surface area (Å²) >= 11 is 5.85. The smallest absolute Gasteiger partial charge is 0.417 e. The molecule has 14 heteroatoms. The van der Waals surface area contributed by atoms with Gasteiger partial charge in [-0.1, -0.05) is 24.2 Å².